The van der Waals surface area contributed by atoms with Gasteiger partial charge in [0.05, 0.1) is 38.6 Å². The molecule has 0 bridgehead atoms. The van der Waals surface area contributed by atoms with E-state index in [-0.39, 0.29) is 33.0 Å². The Morgan fingerprint density at radius 2 is 1.69 bits per heavy atom. The first-order valence-corrected chi connectivity index (χ1v) is 4.71. The van der Waals surface area contributed by atoms with Crippen LogP contribution in [-0.4, -0.2) is 54.1 Å². The summed E-state index contributed by atoms with van der Waals surface area (Å²) in [5.41, 5.74) is 0. The average molecular weight is 223 g/mol. The molecular formula is C9H12FN6+. The molecule has 1 N–H and O–H groups in total. The van der Waals surface area contributed by atoms with Gasteiger partial charge >= 0.3 is 0 Å². The number of halogens is 1. The van der Waals surface area contributed by atoms with Crippen molar-refractivity contribution in [1.29, 1.82) is 10.5 Å². The van der Waals surface area contributed by atoms with Crippen molar-refractivity contribution >= 4 is 0 Å². The number of hydrogen-bond acceptors (Lipinski definition) is 5. The molecule has 1 rings (SSSR count). The van der Waals surface area contributed by atoms with Crippen molar-refractivity contribution in [3.05, 3.63) is 0 Å². The van der Waals surface area contributed by atoms with E-state index < -0.39 is 6.42 Å². The Bertz CT molecular complexity index is 324. The topological polar surface area (TPSA) is 81.1 Å². The number of rotatable bonds is 3. The Morgan fingerprint density at radius 1 is 1.12 bits per heavy atom. The highest BCUT2D eigenvalue weighted by Crippen LogP contribution is 2.14. The van der Waals surface area contributed by atoms with Crippen LogP contribution in [0.25, 0.3) is 0 Å². The van der Waals surface area contributed by atoms with Gasteiger partial charge in [-0.25, -0.2) is 14.2 Å². The molecule has 0 aliphatic carbocycles. The minimum Gasteiger partial charge on any atom is -0.264 e. The first-order valence-electron chi connectivity index (χ1n) is 4.71. The van der Waals surface area contributed by atoms with Crippen molar-refractivity contribution in [2.24, 2.45) is 0 Å². The zero-order valence-electron chi connectivity index (χ0n) is 8.73. The molecule has 0 aromatic rings. The molecule has 1 heterocycles. The van der Waals surface area contributed by atoms with Gasteiger partial charge in [-0.3, -0.25) is 4.90 Å². The zero-order valence-corrected chi connectivity index (χ0v) is 8.73. The second kappa shape index (κ2) is 5.99. The summed E-state index contributed by atoms with van der Waals surface area (Å²) in [6.45, 7) is 0.686. The van der Waals surface area contributed by atoms with E-state index in [2.05, 4.69) is 6.07 Å². The van der Waals surface area contributed by atoms with Crippen LogP contribution in [0.2, 0.25) is 0 Å². The molecule has 1 aliphatic rings. The lowest BCUT2D eigenvalue weighted by Gasteiger charge is -2.41. The summed E-state index contributed by atoms with van der Waals surface area (Å²) in [6, 6.07) is 5.96. The van der Waals surface area contributed by atoms with Crippen LogP contribution in [0.15, 0.2) is 0 Å². The van der Waals surface area contributed by atoms with Gasteiger partial charge in [0.2, 0.25) is 6.42 Å². The first kappa shape index (κ1) is 12.4. The van der Waals surface area contributed by atoms with Gasteiger partial charge in [0.15, 0.2) is 0 Å². The van der Waals surface area contributed by atoms with Crippen LogP contribution in [0.3, 0.4) is 0 Å². The van der Waals surface area contributed by atoms with Crippen LogP contribution in [-0.2, 0) is 0 Å². The monoisotopic (exact) mass is 223 g/mol. The number of nitrogens with zero attached hydrogens (tertiary/aromatic N) is 5. The maximum atomic E-state index is 13.8. The van der Waals surface area contributed by atoms with Crippen molar-refractivity contribution in [3.8, 4) is 18.2 Å². The molecule has 7 heteroatoms. The molecule has 0 saturated carbocycles. The van der Waals surface area contributed by atoms with Crippen molar-refractivity contribution < 1.29 is 9.65 Å². The van der Waals surface area contributed by atoms with Gasteiger partial charge in [-0.2, -0.15) is 10.5 Å². The van der Waals surface area contributed by atoms with Crippen LogP contribution < -0.4 is 5.26 Å². The van der Waals surface area contributed by atoms with E-state index in [9.17, 15) is 4.39 Å². The maximum absolute atomic E-state index is 13.8. The van der Waals surface area contributed by atoms with Crippen molar-refractivity contribution in [2.75, 3.05) is 33.0 Å². The van der Waals surface area contributed by atoms with E-state index >= 15 is 0 Å². The number of alkyl halides is 1. The molecule has 0 amide bonds. The van der Waals surface area contributed by atoms with Gasteiger partial charge in [-0.1, -0.05) is 0 Å². The normalized spacial score (nSPS) is 23.2. The largest absolute Gasteiger partial charge is 0.286 e. The summed E-state index contributed by atoms with van der Waals surface area (Å²) < 4.78 is 13.8. The van der Waals surface area contributed by atoms with Gasteiger partial charge in [-0.05, 0) is 0 Å². The summed E-state index contributed by atoms with van der Waals surface area (Å²) in [4.78, 5) is 4.34. The minimum absolute atomic E-state index is 0.0441. The molecule has 1 unspecified atom stereocenters. The fourth-order valence-electron chi connectivity index (χ4n) is 1.57. The van der Waals surface area contributed by atoms with Crippen molar-refractivity contribution in [2.45, 2.75) is 6.42 Å². The highest BCUT2D eigenvalue weighted by molar-refractivity contribution is 4.87. The highest BCUT2D eigenvalue weighted by Gasteiger charge is 2.33. The van der Waals surface area contributed by atoms with Gasteiger partial charge < -0.3 is 0 Å². The summed E-state index contributed by atoms with van der Waals surface area (Å²) in [5, 5.41) is 24.0. The van der Waals surface area contributed by atoms with Gasteiger partial charge in [0.1, 0.15) is 6.54 Å². The maximum Gasteiger partial charge on any atom is 0.286 e. The van der Waals surface area contributed by atoms with Crippen LogP contribution in [0, 0.1) is 28.7 Å². The fourth-order valence-corrected chi connectivity index (χ4v) is 1.57. The predicted octanol–water partition coefficient (Wildman–Crippen LogP) is -2.11. The lowest BCUT2D eigenvalue weighted by Crippen LogP contribution is -2.59. The quantitative estimate of drug-likeness (QED) is 0.437. The summed E-state index contributed by atoms with van der Waals surface area (Å²) >= 11 is 0. The molecule has 0 spiro atoms. The molecule has 0 radical (unpaired) electrons. The van der Waals surface area contributed by atoms with E-state index in [1.165, 1.54) is 9.80 Å². The third-order valence-electron chi connectivity index (χ3n) is 2.22. The molecule has 6 nitrogen and oxygen atoms in total. The highest BCUT2D eigenvalue weighted by atomic mass is 19.1. The van der Waals surface area contributed by atoms with Crippen molar-refractivity contribution in [1.82, 2.24) is 14.7 Å². The average Bonchev–Trinajstić information content (AvgIpc) is 2.26. The van der Waals surface area contributed by atoms with E-state index in [4.69, 9.17) is 15.8 Å². The second-order valence-electron chi connectivity index (χ2n) is 3.41. The lowest BCUT2D eigenvalue weighted by molar-refractivity contribution is -0.141. The molecular weight excluding hydrogens is 211 g/mol. The standard InChI is InChI=1S/C9H11FN6/c10-9-15(5-2-12)7-14(4-1-11)8-16(9)6-3-13/h9H,4-8H2/p+1. The Morgan fingerprint density at radius 3 is 2.19 bits per heavy atom. The van der Waals surface area contributed by atoms with E-state index in [1.807, 2.05) is 12.1 Å². The molecule has 1 atom stereocenters. The number of nitriles is 2. The Hall–Kier alpha value is -1.72. The molecule has 0 aromatic heterocycles. The molecule has 1 aliphatic heterocycles. The second-order valence-corrected chi connectivity index (χ2v) is 3.41. The fraction of sp³-hybridized carbons (Fsp3) is 0.667. The number of hydrogen-bond donors (Lipinski definition) is 1. The third kappa shape index (κ3) is 2.88. The van der Waals surface area contributed by atoms with Gasteiger partial charge in [-0.15, -0.1) is 5.26 Å². The Balaban J connectivity index is 2.69. The number of nitrogens with one attached hydrogen (secondary N) is 1. The van der Waals surface area contributed by atoms with E-state index in [0.717, 1.165) is 0 Å². The third-order valence-corrected chi connectivity index (χ3v) is 2.22. The molecule has 0 aromatic carbocycles. The zero-order chi connectivity index (χ0) is 12.0. The lowest BCUT2D eigenvalue weighted by atomic mass is 10.4. The Labute approximate surface area is 93.3 Å². The minimum atomic E-state index is -1.40. The smallest absolute Gasteiger partial charge is 0.264 e. The molecule has 16 heavy (non-hydrogen) atoms. The summed E-state index contributed by atoms with van der Waals surface area (Å²) in [6.07, 6.45) is -1.40. The van der Waals surface area contributed by atoms with Crippen LogP contribution >= 0.6 is 0 Å². The van der Waals surface area contributed by atoms with Gasteiger partial charge in [0, 0.05) is 0 Å². The van der Waals surface area contributed by atoms with Crippen molar-refractivity contribution in [3.63, 3.8) is 0 Å². The first-order chi connectivity index (χ1) is 7.72. The van der Waals surface area contributed by atoms with Gasteiger partial charge in [0.25, 0.3) is 6.07 Å². The van der Waals surface area contributed by atoms with Crippen LogP contribution in [0.4, 0.5) is 4.39 Å². The summed E-state index contributed by atoms with van der Waals surface area (Å²) in [7, 11) is 0. The molecule has 1 fully saturated rings. The SMILES string of the molecule is N#CCN1CN(CC#N)C(F)N(CC#[NH+])C1. The van der Waals surface area contributed by atoms with E-state index in [1.54, 1.807) is 4.90 Å². The molecule has 1 saturated heterocycles. The van der Waals surface area contributed by atoms with E-state index in [0.29, 0.717) is 0 Å². The van der Waals surface area contributed by atoms with Crippen LogP contribution in [0.1, 0.15) is 0 Å². The molecule has 84 valence electrons. The van der Waals surface area contributed by atoms with Crippen LogP contribution in [0.5, 0.6) is 0 Å². The Kier molecular flexibility index (Phi) is 4.63. The summed E-state index contributed by atoms with van der Waals surface area (Å²) in [5.74, 6) is 0. The predicted molar refractivity (Wildman–Crippen MR) is 50.8 cm³/mol.